The van der Waals surface area contributed by atoms with Crippen molar-refractivity contribution in [1.82, 2.24) is 10.2 Å². The highest BCUT2D eigenvalue weighted by Crippen LogP contribution is 2.63. The van der Waals surface area contributed by atoms with Gasteiger partial charge in [0.25, 0.3) is 0 Å². The van der Waals surface area contributed by atoms with Gasteiger partial charge in [-0.05, 0) is 148 Å². The molecule has 4 aliphatic carbocycles. The van der Waals surface area contributed by atoms with Crippen molar-refractivity contribution >= 4 is 0 Å². The van der Waals surface area contributed by atoms with E-state index >= 15 is 0 Å². The maximum atomic E-state index is 9.95. The van der Waals surface area contributed by atoms with Gasteiger partial charge in [-0.1, -0.05) is 41.5 Å². The molecule has 0 radical (unpaired) electrons. The summed E-state index contributed by atoms with van der Waals surface area (Å²) in [4.78, 5) is 2.42. The number of hydrogen-bond donors (Lipinski definition) is 3. The van der Waals surface area contributed by atoms with E-state index in [1.165, 1.54) is 70.8 Å². The fourth-order valence-electron chi connectivity index (χ4n) is 11.0. The molecule has 4 heteroatoms. The van der Waals surface area contributed by atoms with Crippen molar-refractivity contribution in [2.45, 2.75) is 118 Å². The van der Waals surface area contributed by atoms with Crippen molar-refractivity contribution in [1.29, 1.82) is 0 Å². The molecule has 5 rings (SSSR count). The summed E-state index contributed by atoms with van der Waals surface area (Å²) in [5, 5.41) is 14.1. The number of nitrogens with two attached hydrogens (primary N) is 1. The lowest BCUT2D eigenvalue weighted by Crippen LogP contribution is -2.44. The lowest BCUT2D eigenvalue weighted by molar-refractivity contribution is 0.0850. The van der Waals surface area contributed by atoms with Gasteiger partial charge in [-0.3, -0.25) is 0 Å². The average Bonchev–Trinajstić information content (AvgIpc) is 3.56. The summed E-state index contributed by atoms with van der Waals surface area (Å²) >= 11 is 0. The van der Waals surface area contributed by atoms with Gasteiger partial charge in [0, 0.05) is 19.1 Å². The zero-order valence-electron chi connectivity index (χ0n) is 25.9. The van der Waals surface area contributed by atoms with Crippen molar-refractivity contribution in [3.63, 3.8) is 0 Å². The van der Waals surface area contributed by atoms with Crippen LogP contribution in [0, 0.1) is 64.1 Å². The normalized spacial score (nSPS) is 41.7. The van der Waals surface area contributed by atoms with Crippen LogP contribution in [0.15, 0.2) is 0 Å². The van der Waals surface area contributed by atoms with Gasteiger partial charge in [-0.2, -0.15) is 0 Å². The van der Waals surface area contributed by atoms with Crippen LogP contribution in [0.2, 0.25) is 0 Å². The van der Waals surface area contributed by atoms with Crippen LogP contribution in [0.4, 0.5) is 0 Å². The van der Waals surface area contributed by atoms with Crippen LogP contribution in [0.1, 0.15) is 106 Å². The minimum Gasteiger partial charge on any atom is -0.390 e. The predicted octanol–water partition coefficient (Wildman–Crippen LogP) is 6.17. The molecule has 4 saturated carbocycles. The van der Waals surface area contributed by atoms with Crippen molar-refractivity contribution in [3.8, 4) is 0 Å². The van der Waals surface area contributed by atoms with Gasteiger partial charge in [0.05, 0.1) is 6.10 Å². The fourth-order valence-corrected chi connectivity index (χ4v) is 11.0. The zero-order chi connectivity index (χ0) is 27.2. The SMILES string of the molecule is CC1C2CC(C1CCC(CCC1C(C)C3CC1C(C)(C)C3)NCC1CCN(CC(O)CN)CC1)C(C)(C)C2. The van der Waals surface area contributed by atoms with Crippen LogP contribution in [0.3, 0.4) is 0 Å². The van der Waals surface area contributed by atoms with Gasteiger partial charge >= 0.3 is 0 Å². The van der Waals surface area contributed by atoms with E-state index in [0.29, 0.717) is 23.4 Å². The molecule has 9 atom stereocenters. The number of rotatable bonds is 12. The summed E-state index contributed by atoms with van der Waals surface area (Å²) in [6, 6.07) is 0.691. The Morgan fingerprint density at radius 3 is 1.82 bits per heavy atom. The molecule has 0 aromatic rings. The number of aliphatic hydroxyl groups excluding tert-OH is 1. The van der Waals surface area contributed by atoms with Crippen LogP contribution in [0.5, 0.6) is 0 Å². The van der Waals surface area contributed by atoms with E-state index < -0.39 is 0 Å². The molecule has 1 aliphatic heterocycles. The Labute approximate surface area is 235 Å². The Bertz CT molecular complexity index is 728. The molecular weight excluding hydrogens is 466 g/mol. The van der Waals surface area contributed by atoms with Gasteiger partial charge in [0.1, 0.15) is 0 Å². The third-order valence-electron chi connectivity index (χ3n) is 13.4. The molecule has 0 spiro atoms. The molecule has 4 N–H and O–H groups in total. The third-order valence-corrected chi connectivity index (χ3v) is 13.4. The topological polar surface area (TPSA) is 61.5 Å². The smallest absolute Gasteiger partial charge is 0.0789 e. The zero-order valence-corrected chi connectivity index (χ0v) is 25.9. The number of fused-ring (bicyclic) bond motifs is 4. The van der Waals surface area contributed by atoms with Gasteiger partial charge in [0.2, 0.25) is 0 Å². The van der Waals surface area contributed by atoms with E-state index in [1.54, 1.807) is 0 Å². The molecule has 5 fully saturated rings. The Hall–Kier alpha value is -0.160. The Morgan fingerprint density at radius 2 is 1.37 bits per heavy atom. The first-order valence-corrected chi connectivity index (χ1v) is 16.8. The van der Waals surface area contributed by atoms with Crippen LogP contribution < -0.4 is 11.1 Å². The standard InChI is InChI=1S/C34H63N3O/c1-22-25-15-31(33(3,4)17-25)29(22)9-7-27(8-10-30-23(2)26-16-32(30)34(5,6)18-26)36-20-24-11-13-37(14-12-24)21-28(38)19-35/h22-32,36,38H,7-21,35H2,1-6H3. The van der Waals surface area contributed by atoms with Crippen LogP contribution >= 0.6 is 0 Å². The second-order valence-corrected chi connectivity index (χ2v) is 16.5. The van der Waals surface area contributed by atoms with E-state index in [-0.39, 0.29) is 6.10 Å². The summed E-state index contributed by atoms with van der Waals surface area (Å²) in [6.45, 7) is 19.9. The number of β-amino-alcohol motifs (C(OH)–C–C–N with tert-alkyl or cyclic N) is 1. The van der Waals surface area contributed by atoms with E-state index in [9.17, 15) is 5.11 Å². The number of aliphatic hydroxyl groups is 1. The van der Waals surface area contributed by atoms with Crippen molar-refractivity contribution in [2.75, 3.05) is 32.7 Å². The van der Waals surface area contributed by atoms with Crippen LogP contribution in [0.25, 0.3) is 0 Å². The summed E-state index contributed by atoms with van der Waals surface area (Å²) in [6.07, 6.45) is 13.7. The van der Waals surface area contributed by atoms with Crippen LogP contribution in [-0.2, 0) is 0 Å². The maximum Gasteiger partial charge on any atom is 0.0789 e. The molecule has 220 valence electrons. The van der Waals surface area contributed by atoms with Crippen LogP contribution in [-0.4, -0.2) is 54.9 Å². The average molecular weight is 530 g/mol. The quantitative estimate of drug-likeness (QED) is 0.283. The second kappa shape index (κ2) is 11.6. The number of likely N-dealkylation sites (tertiary alicyclic amines) is 1. The van der Waals surface area contributed by atoms with Gasteiger partial charge in [-0.25, -0.2) is 0 Å². The summed E-state index contributed by atoms with van der Waals surface area (Å²) in [5.74, 6) is 8.46. The number of nitrogens with zero attached hydrogens (tertiary/aromatic N) is 1. The Kier molecular flexibility index (Phi) is 8.96. The fraction of sp³-hybridized carbons (Fsp3) is 1.00. The first-order valence-electron chi connectivity index (χ1n) is 16.8. The van der Waals surface area contributed by atoms with Gasteiger partial charge in [0.15, 0.2) is 0 Å². The largest absolute Gasteiger partial charge is 0.390 e. The van der Waals surface area contributed by atoms with E-state index in [0.717, 1.165) is 72.9 Å². The first-order chi connectivity index (χ1) is 18.0. The highest BCUT2D eigenvalue weighted by molar-refractivity contribution is 5.04. The van der Waals surface area contributed by atoms with Crippen molar-refractivity contribution < 1.29 is 5.11 Å². The summed E-state index contributed by atoms with van der Waals surface area (Å²) < 4.78 is 0. The monoisotopic (exact) mass is 529 g/mol. The highest BCUT2D eigenvalue weighted by Gasteiger charge is 2.55. The maximum absolute atomic E-state index is 9.95. The first kappa shape index (κ1) is 29.3. The molecule has 4 nitrogen and oxygen atoms in total. The number of piperidine rings is 1. The lowest BCUT2D eigenvalue weighted by Gasteiger charge is -2.41. The van der Waals surface area contributed by atoms with Gasteiger partial charge in [-0.15, -0.1) is 0 Å². The molecule has 0 amide bonds. The number of hydrogen-bond acceptors (Lipinski definition) is 4. The molecule has 4 bridgehead atoms. The summed E-state index contributed by atoms with van der Waals surface area (Å²) in [5.41, 5.74) is 6.78. The minimum atomic E-state index is -0.370. The molecule has 0 aromatic carbocycles. The van der Waals surface area contributed by atoms with E-state index in [1.807, 2.05) is 0 Å². The second-order valence-electron chi connectivity index (χ2n) is 16.5. The van der Waals surface area contributed by atoms with Crippen molar-refractivity contribution in [3.05, 3.63) is 0 Å². The molecule has 9 unspecified atom stereocenters. The Balaban J connectivity index is 1.16. The Morgan fingerprint density at radius 1 is 0.868 bits per heavy atom. The predicted molar refractivity (Wildman–Crippen MR) is 160 cm³/mol. The van der Waals surface area contributed by atoms with E-state index in [4.69, 9.17) is 5.73 Å². The van der Waals surface area contributed by atoms with E-state index in [2.05, 4.69) is 51.8 Å². The van der Waals surface area contributed by atoms with Gasteiger partial charge < -0.3 is 21.1 Å². The molecule has 5 aliphatic rings. The number of nitrogens with one attached hydrogen (secondary N) is 1. The minimum absolute atomic E-state index is 0.370. The highest BCUT2D eigenvalue weighted by atomic mass is 16.3. The molecule has 0 aromatic heterocycles. The van der Waals surface area contributed by atoms with Crippen molar-refractivity contribution in [2.24, 2.45) is 69.8 Å². The summed E-state index contributed by atoms with van der Waals surface area (Å²) in [7, 11) is 0. The lowest BCUT2D eigenvalue weighted by atomic mass is 9.65. The molecule has 38 heavy (non-hydrogen) atoms. The third kappa shape index (κ3) is 6.04. The molecule has 1 heterocycles. The molecule has 1 saturated heterocycles. The molecular formula is C34H63N3O.